The maximum atomic E-state index is 10.6. The number of piperidine rings is 1. The predicted octanol–water partition coefficient (Wildman–Crippen LogP) is 3.25. The molecule has 0 spiro atoms. The van der Waals surface area contributed by atoms with E-state index >= 15 is 0 Å². The number of aryl methyl sites for hydroxylation is 1. The molecule has 9 heteroatoms. The van der Waals surface area contributed by atoms with Crippen molar-refractivity contribution in [2.45, 2.75) is 51.9 Å². The van der Waals surface area contributed by atoms with Crippen LogP contribution in [-0.2, 0) is 4.79 Å². The number of carbonyl (C=O) groups is 1. The highest BCUT2D eigenvalue weighted by molar-refractivity contribution is 5.84. The van der Waals surface area contributed by atoms with Gasteiger partial charge >= 0.3 is 5.97 Å². The quantitative estimate of drug-likeness (QED) is 0.161. The normalized spacial score (nSPS) is 15.4. The van der Waals surface area contributed by atoms with Crippen molar-refractivity contribution in [1.29, 1.82) is 10.8 Å². The van der Waals surface area contributed by atoms with E-state index in [4.69, 9.17) is 27.5 Å². The van der Waals surface area contributed by atoms with E-state index in [0.717, 1.165) is 32.4 Å². The summed E-state index contributed by atoms with van der Waals surface area (Å²) in [5.74, 6) is 4.02. The summed E-state index contributed by atoms with van der Waals surface area (Å²) in [5, 5.41) is 29.5. The van der Waals surface area contributed by atoms with Crippen molar-refractivity contribution in [3.05, 3.63) is 35.4 Å². The molecule has 0 aromatic heterocycles. The fourth-order valence-corrected chi connectivity index (χ4v) is 3.30. The average Bonchev–Trinajstić information content (AvgIpc) is 2.69. The lowest BCUT2D eigenvalue weighted by Crippen LogP contribution is -2.41. The first kappa shape index (κ1) is 24.1. The van der Waals surface area contributed by atoms with Gasteiger partial charge in [-0.3, -0.25) is 15.6 Å². The Balaban J connectivity index is 0.000000298. The molecule has 9 nitrogen and oxygen atoms in total. The molecule has 7 N–H and O–H groups in total. The molecule has 1 aliphatic rings. The molecule has 29 heavy (non-hydrogen) atoms. The minimum Gasteiger partial charge on any atom is -0.481 e. The molecule has 1 atom stereocenters. The van der Waals surface area contributed by atoms with E-state index in [2.05, 4.69) is 41.5 Å². The molecule has 1 aliphatic heterocycles. The maximum Gasteiger partial charge on any atom is 0.306 e. The fraction of sp³-hybridized carbons (Fsp3) is 0.550. The molecule has 0 aliphatic carbocycles. The molecule has 0 amide bonds. The second-order valence-corrected chi connectivity index (χ2v) is 7.25. The van der Waals surface area contributed by atoms with E-state index in [1.165, 1.54) is 11.1 Å². The molecule has 0 bridgehead atoms. The summed E-state index contributed by atoms with van der Waals surface area (Å²) in [6.45, 7) is 5.83. The second kappa shape index (κ2) is 12.5. The minimum atomic E-state index is -0.904. The maximum absolute atomic E-state index is 10.6. The molecule has 1 unspecified atom stereocenters. The van der Waals surface area contributed by atoms with Crippen molar-refractivity contribution < 1.29 is 9.90 Å². The van der Waals surface area contributed by atoms with Gasteiger partial charge in [-0.1, -0.05) is 48.4 Å². The summed E-state index contributed by atoms with van der Waals surface area (Å²) in [5.41, 5.74) is 8.22. The van der Waals surface area contributed by atoms with Crippen LogP contribution in [0.4, 0.5) is 0 Å². The molecular weight excluding hydrogens is 370 g/mol. The molecule has 1 saturated heterocycles. The number of nitrogens with two attached hydrogens (primary N) is 2. The van der Waals surface area contributed by atoms with Gasteiger partial charge in [0.2, 0.25) is 0 Å². The number of hydrogen-bond acceptors (Lipinski definition) is 4. The van der Waals surface area contributed by atoms with Crippen LogP contribution in [0.25, 0.3) is 0 Å². The number of carboxylic acids is 1. The highest BCUT2D eigenvalue weighted by Crippen LogP contribution is 2.27. The Kier molecular flexibility index (Phi) is 10.4. The Bertz CT molecular complexity index is 695. The van der Waals surface area contributed by atoms with Crippen LogP contribution < -0.4 is 11.6 Å². The molecule has 1 fully saturated rings. The van der Waals surface area contributed by atoms with Crippen LogP contribution in [0, 0.1) is 23.7 Å². The van der Waals surface area contributed by atoms with Crippen LogP contribution in [0.15, 0.2) is 34.6 Å². The first-order valence-corrected chi connectivity index (χ1v) is 9.85. The fourth-order valence-electron chi connectivity index (χ4n) is 3.30. The lowest BCUT2D eigenvalue weighted by Gasteiger charge is -2.32. The number of amidine groups is 1. The predicted molar refractivity (Wildman–Crippen MR) is 114 cm³/mol. The molecule has 1 aromatic rings. The zero-order chi connectivity index (χ0) is 21.8. The Hall–Kier alpha value is -2.97. The monoisotopic (exact) mass is 403 g/mol. The van der Waals surface area contributed by atoms with E-state index < -0.39 is 11.9 Å². The van der Waals surface area contributed by atoms with Crippen molar-refractivity contribution in [3.8, 4) is 0 Å². The van der Waals surface area contributed by atoms with E-state index in [1.807, 2.05) is 11.8 Å². The second-order valence-electron chi connectivity index (χ2n) is 7.25. The largest absolute Gasteiger partial charge is 0.481 e. The smallest absolute Gasteiger partial charge is 0.306 e. The van der Waals surface area contributed by atoms with Gasteiger partial charge in [0.15, 0.2) is 5.96 Å². The number of likely N-dealkylation sites (tertiary alicyclic amines) is 1. The Labute approximate surface area is 172 Å². The van der Waals surface area contributed by atoms with Gasteiger partial charge in [0.05, 0.1) is 5.92 Å². The Morgan fingerprint density at radius 3 is 2.31 bits per heavy atom. The number of benzene rings is 1. The summed E-state index contributed by atoms with van der Waals surface area (Å²) < 4.78 is 0. The molecule has 0 saturated carbocycles. The first-order valence-electron chi connectivity index (χ1n) is 9.85. The number of nitrogens with one attached hydrogen (secondary N) is 2. The molecule has 1 heterocycles. The standard InChI is InChI=1S/C13H19N3.C7H14N4O2/c1-10-2-4-11(5-3-10)12-6-8-16(9-7-12)13(14)15;1-2-3-5(7(12)13)4-6(8)10-11-9/h2-5,12H,6-9H2,1H3,(H3,14,15);5H,2-4H2,1H3,(H,12,13)(H3,8,9,10). The van der Waals surface area contributed by atoms with Gasteiger partial charge in [0, 0.05) is 19.5 Å². The third-order valence-electron chi connectivity index (χ3n) is 4.99. The summed E-state index contributed by atoms with van der Waals surface area (Å²) in [6.07, 6.45) is 3.59. The van der Waals surface area contributed by atoms with Crippen molar-refractivity contribution in [1.82, 2.24) is 4.90 Å². The van der Waals surface area contributed by atoms with Gasteiger partial charge in [0.1, 0.15) is 5.84 Å². The molecule has 1 aromatic carbocycles. The van der Waals surface area contributed by atoms with E-state index in [9.17, 15) is 4.79 Å². The first-order chi connectivity index (χ1) is 13.8. The summed E-state index contributed by atoms with van der Waals surface area (Å²) in [6, 6.07) is 8.80. The van der Waals surface area contributed by atoms with Crippen molar-refractivity contribution in [2.24, 2.45) is 27.8 Å². The number of rotatable bonds is 6. The third kappa shape index (κ3) is 8.71. The van der Waals surface area contributed by atoms with Crippen molar-refractivity contribution in [2.75, 3.05) is 13.1 Å². The van der Waals surface area contributed by atoms with Crippen LogP contribution >= 0.6 is 0 Å². The zero-order valence-corrected chi connectivity index (χ0v) is 17.3. The van der Waals surface area contributed by atoms with E-state index in [-0.39, 0.29) is 18.2 Å². The van der Waals surface area contributed by atoms with E-state index in [0.29, 0.717) is 12.3 Å². The highest BCUT2D eigenvalue weighted by atomic mass is 16.4. The highest BCUT2D eigenvalue weighted by Gasteiger charge is 2.21. The van der Waals surface area contributed by atoms with Crippen molar-refractivity contribution >= 4 is 17.8 Å². The number of hydrogen-bond donors (Lipinski definition) is 5. The Morgan fingerprint density at radius 1 is 1.28 bits per heavy atom. The molecule has 2 rings (SSSR count). The van der Waals surface area contributed by atoms with Crippen LogP contribution in [0.3, 0.4) is 0 Å². The van der Waals surface area contributed by atoms with Gasteiger partial charge < -0.3 is 21.6 Å². The number of aliphatic carboxylic acids is 1. The topological polar surface area (TPSA) is 165 Å². The summed E-state index contributed by atoms with van der Waals surface area (Å²) in [4.78, 5) is 12.6. The van der Waals surface area contributed by atoms with Crippen LogP contribution in [0.5, 0.6) is 0 Å². The lowest BCUT2D eigenvalue weighted by atomic mass is 9.89. The molecular formula is C20H33N7O2. The lowest BCUT2D eigenvalue weighted by molar-refractivity contribution is -0.141. The summed E-state index contributed by atoms with van der Waals surface area (Å²) >= 11 is 0. The molecule has 0 radical (unpaired) electrons. The van der Waals surface area contributed by atoms with Gasteiger partial charge in [-0.25, -0.2) is 0 Å². The number of guanidine groups is 1. The van der Waals surface area contributed by atoms with Gasteiger partial charge in [0.25, 0.3) is 0 Å². The molecule has 160 valence electrons. The Morgan fingerprint density at radius 2 is 1.86 bits per heavy atom. The van der Waals surface area contributed by atoms with Crippen LogP contribution in [0.2, 0.25) is 0 Å². The minimum absolute atomic E-state index is 0.0872. The van der Waals surface area contributed by atoms with Crippen LogP contribution in [0.1, 0.15) is 56.1 Å². The van der Waals surface area contributed by atoms with E-state index in [1.54, 1.807) is 0 Å². The SMILES string of the molecule is CCCC(CC(=N)N=NN)C(=O)O.Cc1ccc(C2CCN(C(=N)N)CC2)cc1. The average molecular weight is 404 g/mol. The van der Waals surface area contributed by atoms with Gasteiger partial charge in [-0.15, -0.1) is 5.11 Å². The summed E-state index contributed by atoms with van der Waals surface area (Å²) in [7, 11) is 0. The number of carboxylic acid groups (broad SMARTS) is 1. The zero-order valence-electron chi connectivity index (χ0n) is 17.3. The third-order valence-corrected chi connectivity index (χ3v) is 4.99. The van der Waals surface area contributed by atoms with Gasteiger partial charge in [-0.2, -0.15) is 0 Å². The van der Waals surface area contributed by atoms with Gasteiger partial charge in [-0.05, 0) is 37.7 Å². The van der Waals surface area contributed by atoms with Crippen molar-refractivity contribution in [3.63, 3.8) is 0 Å². The number of nitrogens with zero attached hydrogens (tertiary/aromatic N) is 3. The van der Waals surface area contributed by atoms with Crippen LogP contribution in [-0.4, -0.2) is 40.9 Å².